The summed E-state index contributed by atoms with van der Waals surface area (Å²) in [6.45, 7) is 5.99. The van der Waals surface area contributed by atoms with Crippen molar-refractivity contribution in [2.75, 3.05) is 0 Å². The van der Waals surface area contributed by atoms with Crippen molar-refractivity contribution in [3.05, 3.63) is 12.7 Å². The van der Waals surface area contributed by atoms with E-state index in [1.807, 2.05) is 6.08 Å². The molecule has 0 saturated heterocycles. The number of rotatable bonds is 24. The van der Waals surface area contributed by atoms with Gasteiger partial charge in [-0.1, -0.05) is 160 Å². The van der Waals surface area contributed by atoms with Gasteiger partial charge in [0.05, 0.1) is 0 Å². The van der Waals surface area contributed by atoms with Gasteiger partial charge in [-0.2, -0.15) is 0 Å². The van der Waals surface area contributed by atoms with Gasteiger partial charge in [0.1, 0.15) is 0 Å². The smallest absolute Gasteiger partial charge is 0.0267 e. The van der Waals surface area contributed by atoms with Gasteiger partial charge in [-0.3, -0.25) is 0 Å². The predicted molar refractivity (Wildman–Crippen MR) is 139 cm³/mol. The van der Waals surface area contributed by atoms with Crippen molar-refractivity contribution in [2.24, 2.45) is 0 Å². The SMILES string of the molecule is C=CCC#CCCCCCCCCCCCCCCCCCCCCCCCCC. The molecule has 0 nitrogen and oxygen atoms in total. The van der Waals surface area contributed by atoms with Crippen LogP contribution in [0.3, 0.4) is 0 Å². The molecule has 0 aromatic carbocycles. The lowest BCUT2D eigenvalue weighted by molar-refractivity contribution is 0.518. The maximum atomic E-state index is 3.69. The van der Waals surface area contributed by atoms with Crippen LogP contribution in [0.25, 0.3) is 0 Å². The summed E-state index contributed by atoms with van der Waals surface area (Å²) < 4.78 is 0. The highest BCUT2D eigenvalue weighted by Crippen LogP contribution is 2.15. The Morgan fingerprint density at radius 1 is 0.433 bits per heavy atom. The maximum absolute atomic E-state index is 3.69. The lowest BCUT2D eigenvalue weighted by Gasteiger charge is -2.04. The monoisotopic (exact) mass is 416 g/mol. The van der Waals surface area contributed by atoms with Crippen LogP contribution >= 0.6 is 0 Å². The van der Waals surface area contributed by atoms with Crippen molar-refractivity contribution >= 4 is 0 Å². The Bertz CT molecular complexity index is 369. The van der Waals surface area contributed by atoms with Crippen LogP contribution in [0, 0.1) is 11.8 Å². The number of unbranched alkanes of at least 4 members (excludes halogenated alkanes) is 23. The number of hydrogen-bond acceptors (Lipinski definition) is 0. The summed E-state index contributed by atoms with van der Waals surface area (Å²) in [6, 6.07) is 0. The topological polar surface area (TPSA) is 0 Å². The molecule has 0 heteroatoms. The van der Waals surface area contributed by atoms with Crippen molar-refractivity contribution in [3.63, 3.8) is 0 Å². The molecule has 0 radical (unpaired) electrons. The van der Waals surface area contributed by atoms with Crippen LogP contribution < -0.4 is 0 Å². The van der Waals surface area contributed by atoms with Crippen molar-refractivity contribution in [1.82, 2.24) is 0 Å². The van der Waals surface area contributed by atoms with E-state index in [0.29, 0.717) is 0 Å². The molecule has 0 aromatic heterocycles. The normalized spacial score (nSPS) is 10.7. The number of allylic oxidation sites excluding steroid dienone is 1. The summed E-state index contributed by atoms with van der Waals surface area (Å²) >= 11 is 0. The molecule has 0 aromatic rings. The fourth-order valence-electron chi connectivity index (χ4n) is 4.23. The fourth-order valence-corrected chi connectivity index (χ4v) is 4.23. The Morgan fingerprint density at radius 2 is 0.733 bits per heavy atom. The second-order valence-electron chi connectivity index (χ2n) is 9.37. The van der Waals surface area contributed by atoms with Gasteiger partial charge in [0.15, 0.2) is 0 Å². The molecule has 0 atom stereocenters. The molecule has 0 bridgehead atoms. The van der Waals surface area contributed by atoms with Gasteiger partial charge in [0.2, 0.25) is 0 Å². The van der Waals surface area contributed by atoms with Gasteiger partial charge in [-0.15, -0.1) is 12.5 Å². The summed E-state index contributed by atoms with van der Waals surface area (Å²) in [5.74, 6) is 6.36. The largest absolute Gasteiger partial charge is 0.103 e. The van der Waals surface area contributed by atoms with Crippen LogP contribution in [0.15, 0.2) is 12.7 Å². The molecule has 0 saturated carbocycles. The van der Waals surface area contributed by atoms with Crippen LogP contribution in [-0.2, 0) is 0 Å². The minimum Gasteiger partial charge on any atom is -0.103 e. The summed E-state index contributed by atoms with van der Waals surface area (Å²) in [5.41, 5.74) is 0. The molecule has 0 aliphatic heterocycles. The highest BCUT2D eigenvalue weighted by Gasteiger charge is 1.95. The molecule has 0 heterocycles. The van der Waals surface area contributed by atoms with Crippen molar-refractivity contribution in [2.45, 2.75) is 167 Å². The molecule has 0 unspecified atom stereocenters. The average molecular weight is 417 g/mol. The molecule has 30 heavy (non-hydrogen) atoms. The molecule has 0 aliphatic rings. The zero-order valence-corrected chi connectivity index (χ0v) is 21.0. The van der Waals surface area contributed by atoms with E-state index in [4.69, 9.17) is 0 Å². The first-order valence-corrected chi connectivity index (χ1v) is 14.0. The number of hydrogen-bond donors (Lipinski definition) is 0. The van der Waals surface area contributed by atoms with E-state index >= 15 is 0 Å². The van der Waals surface area contributed by atoms with Gasteiger partial charge in [-0.25, -0.2) is 0 Å². The van der Waals surface area contributed by atoms with Crippen LogP contribution in [0.4, 0.5) is 0 Å². The van der Waals surface area contributed by atoms with Crippen molar-refractivity contribution < 1.29 is 0 Å². The molecule has 0 rings (SSSR count). The molecule has 176 valence electrons. The van der Waals surface area contributed by atoms with Crippen molar-refractivity contribution in [3.8, 4) is 11.8 Å². The molecule has 0 N–H and O–H groups in total. The van der Waals surface area contributed by atoms with Crippen LogP contribution in [0.1, 0.15) is 167 Å². The van der Waals surface area contributed by atoms with Crippen LogP contribution in [0.2, 0.25) is 0 Å². The third-order valence-electron chi connectivity index (χ3n) is 6.28. The predicted octanol–water partition coefficient (Wildman–Crippen LogP) is 10.9. The van der Waals surface area contributed by atoms with Gasteiger partial charge in [0, 0.05) is 12.8 Å². The van der Waals surface area contributed by atoms with E-state index in [2.05, 4.69) is 25.3 Å². The van der Waals surface area contributed by atoms with Crippen LogP contribution in [0.5, 0.6) is 0 Å². The first-order valence-electron chi connectivity index (χ1n) is 14.0. The minimum absolute atomic E-state index is 0.847. The Balaban J connectivity index is 3.02. The quantitative estimate of drug-likeness (QED) is 0.0833. The molecule has 0 spiro atoms. The maximum Gasteiger partial charge on any atom is 0.0267 e. The van der Waals surface area contributed by atoms with E-state index in [0.717, 1.165) is 12.8 Å². The van der Waals surface area contributed by atoms with Gasteiger partial charge < -0.3 is 0 Å². The molecule has 0 fully saturated rings. The second-order valence-corrected chi connectivity index (χ2v) is 9.37. The molecule has 0 aliphatic carbocycles. The second kappa shape index (κ2) is 28.3. The lowest BCUT2D eigenvalue weighted by Crippen LogP contribution is -1.84. The summed E-state index contributed by atoms with van der Waals surface area (Å²) in [6.07, 6.45) is 37.1. The molecular formula is C30H56. The van der Waals surface area contributed by atoms with E-state index in [1.54, 1.807) is 0 Å². The Labute approximate surface area is 192 Å². The summed E-state index contributed by atoms with van der Waals surface area (Å²) in [7, 11) is 0. The Kier molecular flexibility index (Phi) is 27.6. The van der Waals surface area contributed by atoms with E-state index in [9.17, 15) is 0 Å². The summed E-state index contributed by atoms with van der Waals surface area (Å²) in [4.78, 5) is 0. The zero-order valence-electron chi connectivity index (χ0n) is 21.0. The standard InChI is InChI=1S/C30H56/c1-3-5-7-9-11-13-15-17-19-21-23-25-27-29-30-28-26-24-22-20-18-16-14-12-10-8-6-4-2/h3H,1,4-6,8,10-30H2,2H3. The Morgan fingerprint density at radius 3 is 1.03 bits per heavy atom. The first kappa shape index (κ1) is 29.3. The Hall–Kier alpha value is -0.700. The minimum atomic E-state index is 0.847. The third kappa shape index (κ3) is 27.3. The summed E-state index contributed by atoms with van der Waals surface area (Å²) in [5, 5.41) is 0. The lowest BCUT2D eigenvalue weighted by atomic mass is 10.0. The molecular weight excluding hydrogens is 360 g/mol. The van der Waals surface area contributed by atoms with E-state index in [-0.39, 0.29) is 0 Å². The van der Waals surface area contributed by atoms with E-state index in [1.165, 1.54) is 148 Å². The van der Waals surface area contributed by atoms with Crippen LogP contribution in [-0.4, -0.2) is 0 Å². The van der Waals surface area contributed by atoms with Gasteiger partial charge in [-0.05, 0) is 6.42 Å². The third-order valence-corrected chi connectivity index (χ3v) is 6.28. The zero-order chi connectivity index (χ0) is 21.8. The fraction of sp³-hybridized carbons (Fsp3) is 0.867. The average Bonchev–Trinajstić information content (AvgIpc) is 2.76. The van der Waals surface area contributed by atoms with Gasteiger partial charge in [0.25, 0.3) is 0 Å². The van der Waals surface area contributed by atoms with Crippen molar-refractivity contribution in [1.29, 1.82) is 0 Å². The van der Waals surface area contributed by atoms with Gasteiger partial charge >= 0.3 is 0 Å². The highest BCUT2D eigenvalue weighted by molar-refractivity contribution is 5.02. The highest BCUT2D eigenvalue weighted by atomic mass is 14.0. The first-order chi connectivity index (χ1) is 14.9. The molecule has 0 amide bonds. The van der Waals surface area contributed by atoms with E-state index < -0.39 is 0 Å².